The van der Waals surface area contributed by atoms with Crippen molar-refractivity contribution in [3.8, 4) is 11.5 Å². The van der Waals surface area contributed by atoms with Crippen LogP contribution in [0.15, 0.2) is 30.3 Å². The first kappa shape index (κ1) is 19.8. The number of carbonyl (C=O) groups excluding carboxylic acids is 2. The van der Waals surface area contributed by atoms with Crippen LogP contribution in [-0.4, -0.2) is 25.3 Å². The van der Waals surface area contributed by atoms with Gasteiger partial charge in [-0.15, -0.1) is 0 Å². The smallest absolute Gasteiger partial charge is 0.331 e. The molecule has 0 saturated heterocycles. The van der Waals surface area contributed by atoms with Crippen LogP contribution in [0.3, 0.4) is 0 Å². The molecule has 1 heterocycles. The summed E-state index contributed by atoms with van der Waals surface area (Å²) in [5.41, 5.74) is 4.42. The first-order valence-electron chi connectivity index (χ1n) is 8.65. The Morgan fingerprint density at radius 3 is 2.57 bits per heavy atom. The van der Waals surface area contributed by atoms with Crippen LogP contribution in [0.5, 0.6) is 11.5 Å². The second-order valence-electron chi connectivity index (χ2n) is 6.50. The maximum atomic E-state index is 12.1. The molecule has 0 spiro atoms. The molecule has 0 atom stereocenters. The number of amides is 1. The van der Waals surface area contributed by atoms with Crippen molar-refractivity contribution < 1.29 is 23.8 Å². The highest BCUT2D eigenvalue weighted by molar-refractivity contribution is 6.32. The highest BCUT2D eigenvalue weighted by Crippen LogP contribution is 2.40. The summed E-state index contributed by atoms with van der Waals surface area (Å²) in [6.45, 7) is 5.56. The summed E-state index contributed by atoms with van der Waals surface area (Å²) in [7, 11) is 0. The van der Waals surface area contributed by atoms with Crippen molar-refractivity contribution in [3.63, 3.8) is 0 Å². The van der Waals surface area contributed by atoms with Gasteiger partial charge in [-0.05, 0) is 55.7 Å². The molecule has 3 rings (SSSR count). The number of rotatable bonds is 5. The van der Waals surface area contributed by atoms with E-state index in [1.807, 2.05) is 32.9 Å². The predicted molar refractivity (Wildman–Crippen MR) is 107 cm³/mol. The van der Waals surface area contributed by atoms with Crippen molar-refractivity contribution in [2.75, 3.05) is 18.7 Å². The van der Waals surface area contributed by atoms with Gasteiger partial charge >= 0.3 is 5.97 Å². The van der Waals surface area contributed by atoms with Crippen molar-refractivity contribution in [1.82, 2.24) is 0 Å². The number of nitrogens with one attached hydrogen (secondary N) is 1. The van der Waals surface area contributed by atoms with Gasteiger partial charge in [0.25, 0.3) is 5.91 Å². The predicted octanol–water partition coefficient (Wildman–Crippen LogP) is 4.19. The van der Waals surface area contributed by atoms with E-state index in [0.29, 0.717) is 22.1 Å². The Morgan fingerprint density at radius 1 is 1.14 bits per heavy atom. The Labute approximate surface area is 168 Å². The van der Waals surface area contributed by atoms with E-state index in [4.69, 9.17) is 25.8 Å². The number of hydrogen-bond donors (Lipinski definition) is 1. The molecular weight excluding hydrogens is 382 g/mol. The van der Waals surface area contributed by atoms with E-state index in [-0.39, 0.29) is 13.4 Å². The normalized spacial score (nSPS) is 12.3. The first-order valence-corrected chi connectivity index (χ1v) is 9.03. The lowest BCUT2D eigenvalue weighted by molar-refractivity contribution is -0.142. The lowest BCUT2D eigenvalue weighted by Gasteiger charge is -2.12. The topological polar surface area (TPSA) is 73.9 Å². The molecule has 1 amide bonds. The van der Waals surface area contributed by atoms with Crippen molar-refractivity contribution >= 4 is 35.2 Å². The molecule has 0 aliphatic carbocycles. The standard InChI is InChI=1S/C21H20ClNO5/c1-12-6-13(2)20(14(3)7-12)23-18(24)10-26-19(25)5-4-15-8-16(22)21-17(9-15)27-11-28-21/h4-9H,10-11H2,1-3H3,(H,23,24)/b5-4+. The molecule has 2 aromatic carbocycles. The summed E-state index contributed by atoms with van der Waals surface area (Å²) in [5, 5.41) is 3.18. The van der Waals surface area contributed by atoms with Crippen LogP contribution in [0.25, 0.3) is 6.08 Å². The molecule has 0 radical (unpaired) electrons. The Morgan fingerprint density at radius 2 is 1.86 bits per heavy atom. The SMILES string of the molecule is Cc1cc(C)c(NC(=O)COC(=O)/C=C/c2cc(Cl)c3c(c2)OCO3)c(C)c1. The second-order valence-corrected chi connectivity index (χ2v) is 6.91. The fourth-order valence-electron chi connectivity index (χ4n) is 2.99. The van der Waals surface area contributed by atoms with Crippen LogP contribution in [0.1, 0.15) is 22.3 Å². The highest BCUT2D eigenvalue weighted by atomic mass is 35.5. The molecule has 0 aromatic heterocycles. The number of fused-ring (bicyclic) bond motifs is 1. The monoisotopic (exact) mass is 401 g/mol. The van der Waals surface area contributed by atoms with E-state index in [0.717, 1.165) is 22.4 Å². The quantitative estimate of drug-likeness (QED) is 0.600. The van der Waals surface area contributed by atoms with Gasteiger partial charge in [0.15, 0.2) is 18.1 Å². The summed E-state index contributed by atoms with van der Waals surface area (Å²) in [6.07, 6.45) is 2.76. The van der Waals surface area contributed by atoms with Gasteiger partial charge in [-0.2, -0.15) is 0 Å². The van der Waals surface area contributed by atoms with Crippen LogP contribution < -0.4 is 14.8 Å². The van der Waals surface area contributed by atoms with Gasteiger partial charge in [0.05, 0.1) is 5.02 Å². The Balaban J connectivity index is 1.55. The third kappa shape index (κ3) is 4.64. The van der Waals surface area contributed by atoms with Crippen molar-refractivity contribution in [2.24, 2.45) is 0 Å². The zero-order valence-electron chi connectivity index (χ0n) is 15.8. The van der Waals surface area contributed by atoms with E-state index in [1.165, 1.54) is 12.2 Å². The zero-order chi connectivity index (χ0) is 20.3. The molecule has 1 aliphatic heterocycles. The van der Waals surface area contributed by atoms with Gasteiger partial charge in [0, 0.05) is 11.8 Å². The van der Waals surface area contributed by atoms with Crippen molar-refractivity contribution in [3.05, 3.63) is 57.6 Å². The molecule has 28 heavy (non-hydrogen) atoms. The molecule has 6 nitrogen and oxygen atoms in total. The van der Waals surface area contributed by atoms with Crippen LogP contribution >= 0.6 is 11.6 Å². The van der Waals surface area contributed by atoms with Gasteiger partial charge in [-0.25, -0.2) is 4.79 Å². The van der Waals surface area contributed by atoms with Crippen molar-refractivity contribution in [1.29, 1.82) is 0 Å². The van der Waals surface area contributed by atoms with E-state index < -0.39 is 11.9 Å². The van der Waals surface area contributed by atoms with E-state index >= 15 is 0 Å². The largest absolute Gasteiger partial charge is 0.454 e. The number of benzene rings is 2. The zero-order valence-corrected chi connectivity index (χ0v) is 16.6. The number of aryl methyl sites for hydroxylation is 3. The number of ether oxygens (including phenoxy) is 3. The molecule has 0 bridgehead atoms. The summed E-state index contributed by atoms with van der Waals surface area (Å²) >= 11 is 6.10. The van der Waals surface area contributed by atoms with Gasteiger partial charge < -0.3 is 19.5 Å². The number of hydrogen-bond acceptors (Lipinski definition) is 5. The fourth-order valence-corrected chi connectivity index (χ4v) is 3.26. The van der Waals surface area contributed by atoms with Gasteiger partial charge in [-0.3, -0.25) is 4.79 Å². The summed E-state index contributed by atoms with van der Waals surface area (Å²) in [6, 6.07) is 7.31. The van der Waals surface area contributed by atoms with Crippen LogP contribution in [0.4, 0.5) is 5.69 Å². The van der Waals surface area contributed by atoms with E-state index in [1.54, 1.807) is 12.1 Å². The Bertz CT molecular complexity index is 945. The number of carbonyl (C=O) groups is 2. The number of esters is 1. The average molecular weight is 402 g/mol. The van der Waals surface area contributed by atoms with Gasteiger partial charge in [0.2, 0.25) is 6.79 Å². The van der Waals surface area contributed by atoms with Crippen LogP contribution in [0, 0.1) is 20.8 Å². The second kappa shape index (κ2) is 8.35. The van der Waals surface area contributed by atoms with Gasteiger partial charge in [0.1, 0.15) is 0 Å². The molecule has 2 aromatic rings. The van der Waals surface area contributed by atoms with E-state index in [9.17, 15) is 9.59 Å². The maximum absolute atomic E-state index is 12.1. The molecule has 0 saturated carbocycles. The van der Waals surface area contributed by atoms with Crippen LogP contribution in [0.2, 0.25) is 5.02 Å². The van der Waals surface area contributed by atoms with E-state index in [2.05, 4.69) is 5.32 Å². The average Bonchev–Trinajstić information content (AvgIpc) is 3.10. The summed E-state index contributed by atoms with van der Waals surface area (Å²) in [5.74, 6) is -0.0345. The summed E-state index contributed by atoms with van der Waals surface area (Å²) < 4.78 is 15.5. The third-order valence-corrected chi connectivity index (χ3v) is 4.43. The van der Waals surface area contributed by atoms with Crippen molar-refractivity contribution in [2.45, 2.75) is 20.8 Å². The third-order valence-electron chi connectivity index (χ3n) is 4.15. The fraction of sp³-hybridized carbons (Fsp3) is 0.238. The van der Waals surface area contributed by atoms with Crippen LogP contribution in [-0.2, 0) is 14.3 Å². The highest BCUT2D eigenvalue weighted by Gasteiger charge is 2.17. The molecular formula is C21H20ClNO5. The molecule has 146 valence electrons. The molecule has 1 aliphatic rings. The number of anilines is 1. The summed E-state index contributed by atoms with van der Waals surface area (Å²) in [4.78, 5) is 24.0. The minimum atomic E-state index is -0.638. The number of halogens is 1. The lowest BCUT2D eigenvalue weighted by atomic mass is 10.1. The Hall–Kier alpha value is -2.99. The molecule has 0 fully saturated rings. The molecule has 0 unspecified atom stereocenters. The lowest BCUT2D eigenvalue weighted by Crippen LogP contribution is -2.21. The minimum absolute atomic E-state index is 0.110. The minimum Gasteiger partial charge on any atom is -0.454 e. The molecule has 7 heteroatoms. The Kier molecular flexibility index (Phi) is 5.90. The maximum Gasteiger partial charge on any atom is 0.331 e. The molecule has 1 N–H and O–H groups in total. The first-order chi connectivity index (χ1) is 13.3. The van der Waals surface area contributed by atoms with Gasteiger partial charge in [-0.1, -0.05) is 29.3 Å².